The smallest absolute Gasteiger partial charge is 0.152 e. The highest BCUT2D eigenvalue weighted by Crippen LogP contribution is 2.15. The van der Waals surface area contributed by atoms with Crippen LogP contribution < -0.4 is 11.1 Å². The van der Waals surface area contributed by atoms with Crippen molar-refractivity contribution in [1.29, 1.82) is 0 Å². The molecule has 98 valence electrons. The largest absolute Gasteiger partial charge is 0.388 e. The third-order valence-corrected chi connectivity index (χ3v) is 4.75. The molecule has 1 fully saturated rings. The van der Waals surface area contributed by atoms with E-state index in [9.17, 15) is 8.42 Å². The summed E-state index contributed by atoms with van der Waals surface area (Å²) in [6, 6.07) is -0.103. The molecule has 1 atom stereocenters. The van der Waals surface area contributed by atoms with Crippen LogP contribution in [-0.2, 0) is 9.84 Å². The number of hydrogen-bond acceptors (Lipinski definition) is 6. The first-order valence-electron chi connectivity index (χ1n) is 5.55. The van der Waals surface area contributed by atoms with Crippen molar-refractivity contribution in [3.8, 4) is 0 Å². The molecule has 0 aromatic carbocycles. The van der Waals surface area contributed by atoms with Gasteiger partial charge in [-0.05, 0) is 12.8 Å². The van der Waals surface area contributed by atoms with Crippen LogP contribution in [0.25, 0.3) is 0 Å². The third kappa shape index (κ3) is 3.36. The monoisotopic (exact) mass is 286 g/mol. The second-order valence-electron chi connectivity index (χ2n) is 4.25. The highest BCUT2D eigenvalue weighted by Gasteiger charge is 2.24. The van der Waals surface area contributed by atoms with E-state index in [1.54, 1.807) is 0 Å². The van der Waals surface area contributed by atoms with E-state index in [1.165, 1.54) is 12.4 Å². The van der Waals surface area contributed by atoms with E-state index in [0.29, 0.717) is 17.9 Å². The second-order valence-corrected chi connectivity index (χ2v) is 6.92. The quantitative estimate of drug-likeness (QED) is 0.760. The van der Waals surface area contributed by atoms with Gasteiger partial charge in [0.05, 0.1) is 23.9 Å². The molecule has 0 aliphatic carbocycles. The second kappa shape index (κ2) is 5.15. The van der Waals surface area contributed by atoms with Gasteiger partial charge in [-0.3, -0.25) is 0 Å². The summed E-state index contributed by atoms with van der Waals surface area (Å²) in [4.78, 5) is 8.33. The fourth-order valence-electron chi connectivity index (χ4n) is 1.88. The summed E-state index contributed by atoms with van der Waals surface area (Å²) < 4.78 is 23.0. The molecule has 3 N–H and O–H groups in total. The number of aromatic nitrogens is 2. The maximum atomic E-state index is 11.5. The van der Waals surface area contributed by atoms with Crippen molar-refractivity contribution < 1.29 is 8.42 Å². The van der Waals surface area contributed by atoms with Gasteiger partial charge in [0.1, 0.15) is 16.5 Å². The summed E-state index contributed by atoms with van der Waals surface area (Å²) in [5, 5.41) is 3.07. The minimum Gasteiger partial charge on any atom is -0.388 e. The van der Waals surface area contributed by atoms with Gasteiger partial charge in [-0.15, -0.1) is 0 Å². The van der Waals surface area contributed by atoms with Gasteiger partial charge in [0.25, 0.3) is 0 Å². The summed E-state index contributed by atoms with van der Waals surface area (Å²) in [6.07, 6.45) is 4.48. The Bertz CT molecular complexity index is 542. The summed E-state index contributed by atoms with van der Waals surface area (Å²) in [6.45, 7) is 0. The fraction of sp³-hybridized carbons (Fsp3) is 0.500. The average molecular weight is 286 g/mol. The molecule has 1 aliphatic rings. The van der Waals surface area contributed by atoms with Crippen LogP contribution in [-0.4, -0.2) is 40.9 Å². The highest BCUT2D eigenvalue weighted by molar-refractivity contribution is 7.91. The zero-order chi connectivity index (χ0) is 13.2. The van der Waals surface area contributed by atoms with Gasteiger partial charge in [-0.2, -0.15) is 0 Å². The maximum Gasteiger partial charge on any atom is 0.152 e. The molecule has 0 saturated carbocycles. The number of nitrogens with zero attached hydrogens (tertiary/aromatic N) is 2. The van der Waals surface area contributed by atoms with Crippen molar-refractivity contribution in [3.63, 3.8) is 0 Å². The molecule has 0 amide bonds. The lowest BCUT2D eigenvalue weighted by Crippen LogP contribution is -2.35. The average Bonchev–Trinajstić information content (AvgIpc) is 2.28. The molecule has 1 saturated heterocycles. The fourth-order valence-corrected chi connectivity index (χ4v) is 3.62. The molecular weight excluding hydrogens is 272 g/mol. The zero-order valence-corrected chi connectivity index (χ0v) is 11.3. The Morgan fingerprint density at radius 3 is 2.78 bits per heavy atom. The third-order valence-electron chi connectivity index (χ3n) is 2.72. The van der Waals surface area contributed by atoms with Crippen LogP contribution >= 0.6 is 12.2 Å². The van der Waals surface area contributed by atoms with Crippen molar-refractivity contribution >= 4 is 32.9 Å². The van der Waals surface area contributed by atoms with Crippen LogP contribution in [0.3, 0.4) is 0 Å². The highest BCUT2D eigenvalue weighted by atomic mass is 32.2. The molecule has 6 nitrogen and oxygen atoms in total. The Morgan fingerprint density at radius 2 is 2.22 bits per heavy atom. The first-order chi connectivity index (χ1) is 8.46. The number of rotatable bonds is 3. The molecule has 18 heavy (non-hydrogen) atoms. The summed E-state index contributed by atoms with van der Waals surface area (Å²) in [7, 11) is -2.93. The molecule has 0 bridgehead atoms. The first kappa shape index (κ1) is 13.2. The van der Waals surface area contributed by atoms with Crippen molar-refractivity contribution in [1.82, 2.24) is 9.97 Å². The van der Waals surface area contributed by atoms with Gasteiger partial charge in [-0.25, -0.2) is 18.4 Å². The summed E-state index contributed by atoms with van der Waals surface area (Å²) in [5.74, 6) is 0.959. The molecule has 2 heterocycles. The van der Waals surface area contributed by atoms with Crippen LogP contribution in [0.4, 0.5) is 5.82 Å². The van der Waals surface area contributed by atoms with E-state index < -0.39 is 9.84 Å². The van der Waals surface area contributed by atoms with E-state index >= 15 is 0 Å². The van der Waals surface area contributed by atoms with E-state index in [4.69, 9.17) is 18.0 Å². The van der Waals surface area contributed by atoms with Crippen LogP contribution in [0.2, 0.25) is 0 Å². The molecule has 1 aromatic rings. The van der Waals surface area contributed by atoms with Crippen molar-refractivity contribution in [2.75, 3.05) is 16.8 Å². The molecule has 2 rings (SSSR count). The maximum absolute atomic E-state index is 11.5. The molecule has 0 radical (unpaired) electrons. The number of nitrogens with one attached hydrogen (secondary N) is 1. The Morgan fingerprint density at radius 1 is 1.44 bits per heavy atom. The molecule has 0 spiro atoms. The minimum absolute atomic E-state index is 0.103. The number of sulfone groups is 1. The Kier molecular flexibility index (Phi) is 3.76. The number of hydrogen-bond donors (Lipinski definition) is 2. The Labute approximate surface area is 111 Å². The van der Waals surface area contributed by atoms with Gasteiger partial charge in [0.15, 0.2) is 9.84 Å². The number of nitrogens with two attached hydrogens (primary N) is 1. The van der Waals surface area contributed by atoms with Gasteiger partial charge in [-0.1, -0.05) is 12.2 Å². The van der Waals surface area contributed by atoms with Gasteiger partial charge >= 0.3 is 0 Å². The Balaban J connectivity index is 2.03. The normalized spacial score (nSPS) is 22.3. The van der Waals surface area contributed by atoms with Gasteiger partial charge < -0.3 is 11.1 Å². The minimum atomic E-state index is -2.93. The van der Waals surface area contributed by atoms with Crippen LogP contribution in [0, 0.1) is 0 Å². The van der Waals surface area contributed by atoms with Crippen molar-refractivity contribution in [2.24, 2.45) is 5.73 Å². The molecule has 1 aliphatic heterocycles. The first-order valence-corrected chi connectivity index (χ1v) is 7.78. The van der Waals surface area contributed by atoms with Crippen LogP contribution in [0.5, 0.6) is 0 Å². The summed E-state index contributed by atoms with van der Waals surface area (Å²) in [5.41, 5.74) is 5.86. The number of anilines is 1. The predicted octanol–water partition coefficient (Wildman–Crippen LogP) is 0.0999. The lowest BCUT2D eigenvalue weighted by molar-refractivity contribution is 0.561. The zero-order valence-electron chi connectivity index (χ0n) is 9.67. The number of thiocarbonyl (C=S) groups is 1. The van der Waals surface area contributed by atoms with Crippen molar-refractivity contribution in [3.05, 3.63) is 18.1 Å². The standard InChI is InChI=1S/C10H14N4O2S2/c11-10(17)8-4-13-9(5-12-8)14-7-2-1-3-18(15,16)6-7/h4-5,7H,1-3,6H2,(H2,11,17)(H,13,14). The predicted molar refractivity (Wildman–Crippen MR) is 73.2 cm³/mol. The van der Waals surface area contributed by atoms with Crippen molar-refractivity contribution in [2.45, 2.75) is 18.9 Å². The molecule has 1 unspecified atom stereocenters. The molecule has 1 aromatic heterocycles. The Hall–Kier alpha value is -1.28. The molecule has 8 heteroatoms. The van der Waals surface area contributed by atoms with E-state index in [1.807, 2.05) is 0 Å². The van der Waals surface area contributed by atoms with E-state index in [0.717, 1.165) is 6.42 Å². The SMILES string of the molecule is NC(=S)c1cnc(NC2CCCS(=O)(=O)C2)cn1. The van der Waals surface area contributed by atoms with Gasteiger partial charge in [0.2, 0.25) is 0 Å². The lowest BCUT2D eigenvalue weighted by Gasteiger charge is -2.23. The lowest BCUT2D eigenvalue weighted by atomic mass is 10.2. The van der Waals surface area contributed by atoms with E-state index in [2.05, 4.69) is 15.3 Å². The molecular formula is C10H14N4O2S2. The van der Waals surface area contributed by atoms with E-state index in [-0.39, 0.29) is 22.5 Å². The summed E-state index contributed by atoms with van der Waals surface area (Å²) >= 11 is 4.77. The van der Waals surface area contributed by atoms with Gasteiger partial charge in [0, 0.05) is 6.04 Å². The van der Waals surface area contributed by atoms with Crippen LogP contribution in [0.1, 0.15) is 18.5 Å². The van der Waals surface area contributed by atoms with Crippen LogP contribution in [0.15, 0.2) is 12.4 Å². The topological polar surface area (TPSA) is 98.0 Å².